The van der Waals surface area contributed by atoms with Crippen LogP contribution in [0.1, 0.15) is 30.7 Å². The van der Waals surface area contributed by atoms with Gasteiger partial charge in [0.1, 0.15) is 5.75 Å². The number of nitrogens with zero attached hydrogens (tertiary/aromatic N) is 4. The minimum absolute atomic E-state index is 0.0562. The van der Waals surface area contributed by atoms with Crippen molar-refractivity contribution in [3.63, 3.8) is 0 Å². The Labute approximate surface area is 151 Å². The Kier molecular flexibility index (Phi) is 4.35. The quantitative estimate of drug-likeness (QED) is 0.783. The van der Waals surface area contributed by atoms with E-state index in [2.05, 4.69) is 20.8 Å². The van der Waals surface area contributed by atoms with Crippen molar-refractivity contribution in [1.82, 2.24) is 20.2 Å². The van der Waals surface area contributed by atoms with Gasteiger partial charge in [0.05, 0.1) is 23.9 Å². The number of hydrogen-bond acceptors (Lipinski definition) is 5. The van der Waals surface area contributed by atoms with E-state index < -0.39 is 0 Å². The number of nitrogens with one attached hydrogen (secondary N) is 1. The summed E-state index contributed by atoms with van der Waals surface area (Å²) in [6.07, 6.45) is 1.35. The standard InChI is InChI=1S/C19H19N5O2/c1-2-18-21-22-23-24(18)16-9-5-4-8-15(16)20-19(25)14-11-12-26-17-10-6-3-7-13(14)17/h3-10,14H,2,11-12H2,1H3,(H,20,25). The fraction of sp³-hybridized carbons (Fsp3) is 0.263. The molecule has 0 radical (unpaired) electrons. The maximum Gasteiger partial charge on any atom is 0.232 e. The predicted octanol–water partition coefficient (Wildman–Crippen LogP) is 2.73. The van der Waals surface area contributed by atoms with Crippen LogP contribution >= 0.6 is 0 Å². The van der Waals surface area contributed by atoms with Crippen molar-refractivity contribution in [3.05, 3.63) is 59.9 Å². The number of aromatic nitrogens is 4. The van der Waals surface area contributed by atoms with Gasteiger partial charge >= 0.3 is 0 Å². The molecule has 2 heterocycles. The zero-order valence-corrected chi connectivity index (χ0v) is 14.4. The normalized spacial score (nSPS) is 15.8. The maximum atomic E-state index is 13.0. The van der Waals surface area contributed by atoms with Crippen molar-refractivity contribution in [3.8, 4) is 11.4 Å². The van der Waals surface area contributed by atoms with Gasteiger partial charge < -0.3 is 10.1 Å². The highest BCUT2D eigenvalue weighted by atomic mass is 16.5. The molecule has 0 spiro atoms. The van der Waals surface area contributed by atoms with Gasteiger partial charge in [0.25, 0.3) is 0 Å². The van der Waals surface area contributed by atoms with Crippen molar-refractivity contribution in [2.45, 2.75) is 25.7 Å². The molecule has 7 heteroatoms. The Morgan fingerprint density at radius 1 is 1.23 bits per heavy atom. The second kappa shape index (κ2) is 6.95. The topological polar surface area (TPSA) is 81.9 Å². The van der Waals surface area contributed by atoms with Crippen LogP contribution in [0.2, 0.25) is 0 Å². The second-order valence-corrected chi connectivity index (χ2v) is 6.09. The lowest BCUT2D eigenvalue weighted by molar-refractivity contribution is -0.118. The highest BCUT2D eigenvalue weighted by Crippen LogP contribution is 2.34. The molecule has 1 N–H and O–H groups in total. The lowest BCUT2D eigenvalue weighted by atomic mass is 9.92. The molecular formula is C19H19N5O2. The van der Waals surface area contributed by atoms with E-state index >= 15 is 0 Å². The van der Waals surface area contributed by atoms with Gasteiger partial charge in [-0.15, -0.1) is 5.10 Å². The lowest BCUT2D eigenvalue weighted by Crippen LogP contribution is -2.27. The van der Waals surface area contributed by atoms with E-state index in [1.165, 1.54) is 0 Å². The number of ether oxygens (including phenoxy) is 1. The summed E-state index contributed by atoms with van der Waals surface area (Å²) < 4.78 is 7.32. The van der Waals surface area contributed by atoms with E-state index in [-0.39, 0.29) is 11.8 Å². The van der Waals surface area contributed by atoms with Gasteiger partial charge in [-0.3, -0.25) is 4.79 Å². The molecule has 26 heavy (non-hydrogen) atoms. The minimum Gasteiger partial charge on any atom is -0.493 e. The second-order valence-electron chi connectivity index (χ2n) is 6.09. The monoisotopic (exact) mass is 349 g/mol. The van der Waals surface area contributed by atoms with Crippen LogP contribution in [0.5, 0.6) is 5.75 Å². The van der Waals surface area contributed by atoms with Crippen LogP contribution in [0.25, 0.3) is 5.69 Å². The average Bonchev–Trinajstić information content (AvgIpc) is 3.16. The highest BCUT2D eigenvalue weighted by molar-refractivity contribution is 5.98. The van der Waals surface area contributed by atoms with Crippen molar-refractivity contribution in [2.24, 2.45) is 0 Å². The van der Waals surface area contributed by atoms with Gasteiger partial charge in [0.2, 0.25) is 5.91 Å². The van der Waals surface area contributed by atoms with Crippen LogP contribution in [0.3, 0.4) is 0 Å². The van der Waals surface area contributed by atoms with Gasteiger partial charge in [-0.05, 0) is 35.0 Å². The van der Waals surface area contributed by atoms with Crippen molar-refractivity contribution in [2.75, 3.05) is 11.9 Å². The average molecular weight is 349 g/mol. The third kappa shape index (κ3) is 2.92. The number of aryl methyl sites for hydroxylation is 1. The van der Waals surface area contributed by atoms with Crippen LogP contribution in [0.15, 0.2) is 48.5 Å². The molecular weight excluding hydrogens is 330 g/mol. The van der Waals surface area contributed by atoms with Crippen LogP contribution in [-0.2, 0) is 11.2 Å². The van der Waals surface area contributed by atoms with E-state index in [4.69, 9.17) is 4.74 Å². The van der Waals surface area contributed by atoms with Gasteiger partial charge in [0, 0.05) is 12.0 Å². The number of fused-ring (bicyclic) bond motifs is 1. The van der Waals surface area contributed by atoms with Gasteiger partial charge in [0.15, 0.2) is 5.82 Å². The Morgan fingerprint density at radius 3 is 2.92 bits per heavy atom. The van der Waals surface area contributed by atoms with Gasteiger partial charge in [-0.2, -0.15) is 4.68 Å². The zero-order valence-electron chi connectivity index (χ0n) is 14.4. The first-order valence-electron chi connectivity index (χ1n) is 8.67. The minimum atomic E-state index is -0.243. The number of carbonyl (C=O) groups excluding carboxylic acids is 1. The van der Waals surface area contributed by atoms with Gasteiger partial charge in [-0.25, -0.2) is 0 Å². The summed E-state index contributed by atoms with van der Waals surface area (Å²) in [4.78, 5) is 13.0. The Hall–Kier alpha value is -3.22. The first kappa shape index (κ1) is 16.3. The highest BCUT2D eigenvalue weighted by Gasteiger charge is 2.28. The molecule has 1 atom stereocenters. The molecule has 0 saturated carbocycles. The summed E-state index contributed by atoms with van der Waals surface area (Å²) in [6, 6.07) is 15.2. The molecule has 7 nitrogen and oxygen atoms in total. The number of carbonyl (C=O) groups is 1. The summed E-state index contributed by atoms with van der Waals surface area (Å²) in [5.74, 6) is 1.22. The fourth-order valence-corrected chi connectivity index (χ4v) is 3.21. The summed E-state index contributed by atoms with van der Waals surface area (Å²) in [5, 5.41) is 14.9. The van der Waals surface area contributed by atoms with E-state index in [0.29, 0.717) is 25.1 Å². The third-order valence-electron chi connectivity index (χ3n) is 4.52. The molecule has 0 fully saturated rings. The van der Waals surface area contributed by atoms with Crippen LogP contribution < -0.4 is 10.1 Å². The van der Waals surface area contributed by atoms with E-state index in [1.54, 1.807) is 4.68 Å². The number of hydrogen-bond donors (Lipinski definition) is 1. The largest absolute Gasteiger partial charge is 0.493 e. The maximum absolute atomic E-state index is 13.0. The Balaban J connectivity index is 1.64. The molecule has 0 saturated heterocycles. The van der Waals surface area contributed by atoms with Crippen molar-refractivity contribution in [1.29, 1.82) is 0 Å². The number of tetrazole rings is 1. The third-order valence-corrected chi connectivity index (χ3v) is 4.52. The smallest absolute Gasteiger partial charge is 0.232 e. The SMILES string of the molecule is CCc1nnnn1-c1ccccc1NC(=O)C1CCOc2ccccc21. The van der Waals surface area contributed by atoms with E-state index in [9.17, 15) is 4.79 Å². The molecule has 2 aromatic carbocycles. The van der Waals surface area contributed by atoms with Crippen LogP contribution in [0, 0.1) is 0 Å². The lowest BCUT2D eigenvalue weighted by Gasteiger charge is -2.25. The molecule has 4 rings (SSSR count). The molecule has 1 aromatic heterocycles. The van der Waals surface area contributed by atoms with Crippen molar-refractivity contribution < 1.29 is 9.53 Å². The predicted molar refractivity (Wildman–Crippen MR) is 96.5 cm³/mol. The summed E-state index contributed by atoms with van der Waals surface area (Å²) in [7, 11) is 0. The van der Waals surface area contributed by atoms with E-state index in [0.717, 1.165) is 22.8 Å². The Morgan fingerprint density at radius 2 is 2.04 bits per heavy atom. The van der Waals surface area contributed by atoms with Crippen LogP contribution in [-0.4, -0.2) is 32.7 Å². The molecule has 1 aliphatic heterocycles. The van der Waals surface area contributed by atoms with Crippen LogP contribution in [0.4, 0.5) is 5.69 Å². The summed E-state index contributed by atoms with van der Waals surface area (Å²) >= 11 is 0. The number of amides is 1. The first-order chi connectivity index (χ1) is 12.8. The number of rotatable bonds is 4. The molecule has 132 valence electrons. The molecule has 1 amide bonds. The number of anilines is 1. The summed E-state index contributed by atoms with van der Waals surface area (Å²) in [6.45, 7) is 2.52. The molecule has 1 unspecified atom stereocenters. The molecule has 0 aliphatic carbocycles. The summed E-state index contributed by atoms with van der Waals surface area (Å²) in [5.41, 5.74) is 2.36. The number of para-hydroxylation sites is 3. The zero-order chi connectivity index (χ0) is 17.9. The molecule has 0 bridgehead atoms. The molecule has 1 aliphatic rings. The fourth-order valence-electron chi connectivity index (χ4n) is 3.21. The van der Waals surface area contributed by atoms with E-state index in [1.807, 2.05) is 55.5 Å². The van der Waals surface area contributed by atoms with Crippen molar-refractivity contribution >= 4 is 11.6 Å². The van der Waals surface area contributed by atoms with Gasteiger partial charge in [-0.1, -0.05) is 37.3 Å². The number of benzene rings is 2. The Bertz CT molecular complexity index is 937. The molecule has 3 aromatic rings. The first-order valence-corrected chi connectivity index (χ1v) is 8.67.